The van der Waals surface area contributed by atoms with Crippen molar-refractivity contribution >= 4 is 11.9 Å². The molecule has 0 aliphatic heterocycles. The fourth-order valence-corrected chi connectivity index (χ4v) is 4.07. The highest BCUT2D eigenvalue weighted by Gasteiger charge is 2.19. The van der Waals surface area contributed by atoms with E-state index >= 15 is 0 Å². The molecule has 16 nitrogen and oxygen atoms in total. The molecule has 16 heteroatoms. The molecule has 2 aromatic carbocycles. The molecule has 0 radical (unpaired) electrons. The Morgan fingerprint density at radius 2 is 0.940 bits per heavy atom. The van der Waals surface area contributed by atoms with Gasteiger partial charge in [0.1, 0.15) is 19.8 Å². The summed E-state index contributed by atoms with van der Waals surface area (Å²) in [5, 5.41) is 2.89. The van der Waals surface area contributed by atoms with Gasteiger partial charge < -0.3 is 69.9 Å². The van der Waals surface area contributed by atoms with Crippen molar-refractivity contribution < 1.29 is 57.0 Å². The van der Waals surface area contributed by atoms with Gasteiger partial charge >= 0.3 is 5.97 Å². The van der Waals surface area contributed by atoms with Crippen LogP contribution in [0.4, 0.5) is 0 Å². The van der Waals surface area contributed by atoms with Crippen molar-refractivity contribution in [1.29, 1.82) is 0 Å². The van der Waals surface area contributed by atoms with E-state index in [0.717, 1.165) is 5.56 Å². The molecule has 1 amide bonds. The summed E-state index contributed by atoms with van der Waals surface area (Å²) in [7, 11) is 1.32. The maximum atomic E-state index is 13.4. The van der Waals surface area contributed by atoms with Crippen LogP contribution in [-0.2, 0) is 39.7 Å². The minimum atomic E-state index is -0.443. The lowest BCUT2D eigenvalue weighted by Crippen LogP contribution is -2.23. The Morgan fingerprint density at radius 3 is 1.36 bits per heavy atom. The number of carbonyl (C=O) groups excluding carboxylic acids is 2. The summed E-state index contributed by atoms with van der Waals surface area (Å²) in [6, 6.07) is 9.90. The third kappa shape index (κ3) is 18.4. The zero-order valence-corrected chi connectivity index (χ0v) is 29.0. The van der Waals surface area contributed by atoms with Crippen LogP contribution in [0.2, 0.25) is 0 Å². The molecule has 0 atom stereocenters. The summed E-state index contributed by atoms with van der Waals surface area (Å²) in [4.78, 5) is 25.2. The number of rotatable bonds is 31. The number of hydrogen-bond donors (Lipinski definition) is 4. The fraction of sp³-hybridized carbons (Fsp3) is 0.588. The average molecular weight is 711 g/mol. The average Bonchev–Trinajstić information content (AvgIpc) is 3.14. The molecule has 50 heavy (non-hydrogen) atoms. The van der Waals surface area contributed by atoms with Crippen molar-refractivity contribution in [3.63, 3.8) is 0 Å². The van der Waals surface area contributed by atoms with Crippen molar-refractivity contribution in [1.82, 2.24) is 5.32 Å². The largest absolute Gasteiger partial charge is 0.487 e. The maximum Gasteiger partial charge on any atom is 0.337 e. The molecule has 0 saturated carbocycles. The lowest BCUT2D eigenvalue weighted by atomic mass is 10.1. The van der Waals surface area contributed by atoms with Crippen LogP contribution in [0.1, 0.15) is 26.3 Å². The number of nitrogens with two attached hydrogens (primary N) is 3. The molecular weight excluding hydrogens is 656 g/mol. The second-order valence-electron chi connectivity index (χ2n) is 10.3. The zero-order chi connectivity index (χ0) is 36.1. The Hall–Kier alpha value is -3.58. The first-order valence-corrected chi connectivity index (χ1v) is 16.6. The number of benzene rings is 2. The van der Waals surface area contributed by atoms with Gasteiger partial charge in [-0.1, -0.05) is 12.1 Å². The number of ether oxygens (including phenoxy) is 10. The number of methoxy groups -OCH3 is 1. The summed E-state index contributed by atoms with van der Waals surface area (Å²) in [5.74, 6) is 0.0220. The molecule has 0 fully saturated rings. The van der Waals surface area contributed by atoms with Crippen molar-refractivity contribution in [2.24, 2.45) is 17.2 Å². The molecule has 0 aliphatic carbocycles. The molecule has 2 aromatic rings. The molecule has 0 aliphatic rings. The van der Waals surface area contributed by atoms with Crippen LogP contribution in [0, 0.1) is 0 Å². The van der Waals surface area contributed by atoms with E-state index in [2.05, 4.69) is 5.32 Å². The van der Waals surface area contributed by atoms with Gasteiger partial charge in [0.05, 0.1) is 92.0 Å². The number of amides is 1. The Morgan fingerprint density at radius 1 is 0.540 bits per heavy atom. The Kier molecular flexibility index (Phi) is 24.0. The molecule has 7 N–H and O–H groups in total. The van der Waals surface area contributed by atoms with E-state index in [1.807, 2.05) is 0 Å². The van der Waals surface area contributed by atoms with E-state index in [9.17, 15) is 9.59 Å². The van der Waals surface area contributed by atoms with Crippen LogP contribution in [0.15, 0.2) is 36.4 Å². The summed E-state index contributed by atoms with van der Waals surface area (Å²) in [6.07, 6.45) is 0. The van der Waals surface area contributed by atoms with Gasteiger partial charge in [0.25, 0.3) is 5.91 Å². The predicted octanol–water partition coefficient (Wildman–Crippen LogP) is 0.515. The molecule has 0 heterocycles. The van der Waals surface area contributed by atoms with Crippen LogP contribution in [0.25, 0.3) is 0 Å². The molecule has 0 spiro atoms. The van der Waals surface area contributed by atoms with Gasteiger partial charge in [-0.25, -0.2) is 4.79 Å². The monoisotopic (exact) mass is 710 g/mol. The van der Waals surface area contributed by atoms with Crippen LogP contribution < -0.4 is 36.7 Å². The topological polar surface area (TPSA) is 217 Å². The zero-order valence-electron chi connectivity index (χ0n) is 29.0. The van der Waals surface area contributed by atoms with Gasteiger partial charge in [-0.15, -0.1) is 0 Å². The van der Waals surface area contributed by atoms with Gasteiger partial charge in [0.2, 0.25) is 5.75 Å². The van der Waals surface area contributed by atoms with E-state index in [4.69, 9.17) is 64.6 Å². The highest BCUT2D eigenvalue weighted by molar-refractivity contribution is 5.95. The van der Waals surface area contributed by atoms with Crippen LogP contribution in [0.5, 0.6) is 17.2 Å². The number of carbonyl (C=O) groups is 2. The van der Waals surface area contributed by atoms with Gasteiger partial charge in [0.15, 0.2) is 11.5 Å². The van der Waals surface area contributed by atoms with Gasteiger partial charge in [-0.3, -0.25) is 4.79 Å². The molecule has 0 aromatic heterocycles. The van der Waals surface area contributed by atoms with Gasteiger partial charge in [-0.2, -0.15) is 0 Å². The second kappa shape index (κ2) is 28.2. The fourth-order valence-electron chi connectivity index (χ4n) is 4.07. The third-order valence-electron chi connectivity index (χ3n) is 6.46. The number of nitrogens with one attached hydrogen (secondary N) is 1. The van der Waals surface area contributed by atoms with E-state index in [1.54, 1.807) is 36.4 Å². The first-order valence-electron chi connectivity index (χ1n) is 16.6. The first-order chi connectivity index (χ1) is 24.5. The van der Waals surface area contributed by atoms with Crippen LogP contribution >= 0.6 is 0 Å². The number of esters is 1. The van der Waals surface area contributed by atoms with Crippen LogP contribution in [-0.4, -0.2) is 138 Å². The molecular formula is C34H54N4O12. The molecule has 0 saturated heterocycles. The number of hydrogen-bond acceptors (Lipinski definition) is 15. The molecule has 0 bridgehead atoms. The third-order valence-corrected chi connectivity index (χ3v) is 6.46. The van der Waals surface area contributed by atoms with E-state index in [-0.39, 0.29) is 69.2 Å². The van der Waals surface area contributed by atoms with Crippen LogP contribution in [0.3, 0.4) is 0 Å². The van der Waals surface area contributed by atoms with Crippen molar-refractivity contribution in [2.45, 2.75) is 6.54 Å². The second-order valence-corrected chi connectivity index (χ2v) is 10.3. The van der Waals surface area contributed by atoms with Crippen molar-refractivity contribution in [3.8, 4) is 17.2 Å². The quantitative estimate of drug-likeness (QED) is 0.0620. The SMILES string of the molecule is COC(=O)c1ccc(CNC(=O)c2cc(OCCOCCOCCN)c(OCCOCCOCCN)c(OCCOCCOCCN)c2)cc1. The predicted molar refractivity (Wildman–Crippen MR) is 184 cm³/mol. The van der Waals surface area contributed by atoms with E-state index in [1.165, 1.54) is 7.11 Å². The smallest absolute Gasteiger partial charge is 0.337 e. The Labute approximate surface area is 294 Å². The summed E-state index contributed by atoms with van der Waals surface area (Å²) >= 11 is 0. The van der Waals surface area contributed by atoms with Gasteiger partial charge in [0, 0.05) is 31.7 Å². The molecule has 2 rings (SSSR count). The minimum absolute atomic E-state index is 0.158. The maximum absolute atomic E-state index is 13.4. The summed E-state index contributed by atoms with van der Waals surface area (Å²) < 4.78 is 55.8. The highest BCUT2D eigenvalue weighted by atomic mass is 16.6. The standard InChI is InChI=1S/C34H54N4O12/c1-41-34(40)28-4-2-27(3-5-28)26-38-33(39)29-24-30(48-21-18-45-15-12-42-9-6-35)32(50-23-20-47-17-14-44-11-8-37)31(25-29)49-22-19-46-16-13-43-10-7-36/h2-5,24-25H,6-23,26,35-37H2,1H3,(H,38,39). The Bertz CT molecular complexity index is 1150. The lowest BCUT2D eigenvalue weighted by Gasteiger charge is -2.19. The Balaban J connectivity index is 2.17. The van der Waals surface area contributed by atoms with Crippen molar-refractivity contribution in [2.75, 3.05) is 126 Å². The van der Waals surface area contributed by atoms with Crippen molar-refractivity contribution in [3.05, 3.63) is 53.1 Å². The summed E-state index contributed by atoms with van der Waals surface area (Å²) in [6.45, 7) is 6.47. The normalized spacial score (nSPS) is 11.0. The first kappa shape index (κ1) is 42.6. The molecule has 0 unspecified atom stereocenters. The van der Waals surface area contributed by atoms with E-state index < -0.39 is 5.97 Å². The lowest BCUT2D eigenvalue weighted by molar-refractivity contribution is 0.0331. The minimum Gasteiger partial charge on any atom is -0.487 e. The highest BCUT2D eigenvalue weighted by Crippen LogP contribution is 2.39. The molecule has 282 valence electrons. The van der Waals surface area contributed by atoms with E-state index in [0.29, 0.717) is 90.4 Å². The van der Waals surface area contributed by atoms with Gasteiger partial charge in [-0.05, 0) is 29.8 Å². The summed E-state index contributed by atoms with van der Waals surface area (Å²) in [5.41, 5.74) is 17.8.